The van der Waals surface area contributed by atoms with Crippen molar-refractivity contribution in [1.82, 2.24) is 9.88 Å². The second-order valence-corrected chi connectivity index (χ2v) is 7.21. The van der Waals surface area contributed by atoms with Crippen molar-refractivity contribution in [3.63, 3.8) is 0 Å². The summed E-state index contributed by atoms with van der Waals surface area (Å²) in [5, 5.41) is -0.0973. The van der Waals surface area contributed by atoms with Crippen molar-refractivity contribution in [2.24, 2.45) is 0 Å². The number of ether oxygens (including phenoxy) is 2. The van der Waals surface area contributed by atoms with Gasteiger partial charge in [-0.3, -0.25) is 4.79 Å². The average Bonchev–Trinajstić information content (AvgIpc) is 2.77. The summed E-state index contributed by atoms with van der Waals surface area (Å²) in [6, 6.07) is 11.7. The Balaban J connectivity index is 1.60. The van der Waals surface area contributed by atoms with Crippen LogP contribution in [0.3, 0.4) is 0 Å². The van der Waals surface area contributed by atoms with Crippen LogP contribution in [0.1, 0.15) is 16.1 Å². The fourth-order valence-electron chi connectivity index (χ4n) is 3.08. The molecule has 1 N–H and O–H groups in total. The number of aromatic nitrogens is 1. The maximum absolute atomic E-state index is 12.6. The number of rotatable bonds is 5. The molecule has 1 aromatic carbocycles. The molecule has 1 aromatic heterocycles. The van der Waals surface area contributed by atoms with Crippen LogP contribution in [-0.4, -0.2) is 61.5 Å². The first kappa shape index (κ1) is 20.8. The van der Waals surface area contributed by atoms with E-state index in [9.17, 15) is 9.59 Å². The van der Waals surface area contributed by atoms with E-state index >= 15 is 0 Å². The zero-order valence-corrected chi connectivity index (χ0v) is 17.5. The minimum atomic E-state index is -0.492. The molecule has 154 valence electrons. The van der Waals surface area contributed by atoms with Crippen LogP contribution < -0.4 is 14.4 Å². The first-order valence-corrected chi connectivity index (χ1v) is 10.0. The Kier molecular flexibility index (Phi) is 6.82. The summed E-state index contributed by atoms with van der Waals surface area (Å²) >= 11 is 0.943. The highest BCUT2D eigenvalue weighted by Crippen LogP contribution is 2.28. The van der Waals surface area contributed by atoms with Gasteiger partial charge < -0.3 is 24.0 Å². The van der Waals surface area contributed by atoms with E-state index in [0.29, 0.717) is 35.9 Å². The molecule has 2 heterocycles. The molecule has 0 atom stereocenters. The standard InChI is InChI=1S/C20H24N4O4S/c1-14-16(19(25)28-3)13-17(18(21-14)27-2)22-29-20(26)24-11-9-23(10-12-24)15-7-5-4-6-8-15/h4-8,13,22H,9-12H2,1-3H3. The van der Waals surface area contributed by atoms with E-state index in [1.807, 2.05) is 18.2 Å². The van der Waals surface area contributed by atoms with Gasteiger partial charge in [-0.05, 0) is 25.1 Å². The van der Waals surface area contributed by atoms with Crippen molar-refractivity contribution in [3.8, 4) is 5.88 Å². The molecule has 29 heavy (non-hydrogen) atoms. The number of carbonyl (C=O) groups is 2. The molecule has 0 aliphatic carbocycles. The fraction of sp³-hybridized carbons (Fsp3) is 0.350. The first-order chi connectivity index (χ1) is 14.0. The number of para-hydroxylation sites is 1. The molecule has 3 rings (SSSR count). The number of carbonyl (C=O) groups excluding carboxylic acids is 2. The number of piperazine rings is 1. The molecule has 0 bridgehead atoms. The summed E-state index contributed by atoms with van der Waals surface area (Å²) in [6.45, 7) is 4.53. The number of methoxy groups -OCH3 is 2. The van der Waals surface area contributed by atoms with E-state index in [4.69, 9.17) is 9.47 Å². The molecule has 0 radical (unpaired) electrons. The molecule has 1 saturated heterocycles. The molecule has 0 saturated carbocycles. The number of amides is 1. The number of benzene rings is 1. The summed E-state index contributed by atoms with van der Waals surface area (Å²) in [6.07, 6.45) is 0. The molecule has 0 spiro atoms. The quantitative estimate of drug-likeness (QED) is 0.588. The summed E-state index contributed by atoms with van der Waals surface area (Å²) in [7, 11) is 2.80. The highest BCUT2D eigenvalue weighted by Gasteiger charge is 2.23. The van der Waals surface area contributed by atoms with E-state index in [0.717, 1.165) is 30.7 Å². The lowest BCUT2D eigenvalue weighted by Gasteiger charge is -2.35. The van der Waals surface area contributed by atoms with Crippen LogP contribution >= 0.6 is 11.9 Å². The number of pyridine rings is 1. The Morgan fingerprint density at radius 2 is 1.79 bits per heavy atom. The van der Waals surface area contributed by atoms with E-state index in [-0.39, 0.29) is 5.24 Å². The summed E-state index contributed by atoms with van der Waals surface area (Å²) in [5.41, 5.74) is 2.42. The zero-order valence-electron chi connectivity index (χ0n) is 16.7. The summed E-state index contributed by atoms with van der Waals surface area (Å²) < 4.78 is 13.0. The van der Waals surface area contributed by atoms with Gasteiger partial charge in [-0.25, -0.2) is 9.78 Å². The van der Waals surface area contributed by atoms with Crippen molar-refractivity contribution in [2.45, 2.75) is 6.92 Å². The second-order valence-electron chi connectivity index (χ2n) is 6.45. The average molecular weight is 417 g/mol. The molecule has 8 nitrogen and oxygen atoms in total. The van der Waals surface area contributed by atoms with Crippen LogP contribution in [0, 0.1) is 6.92 Å². The minimum Gasteiger partial charge on any atom is -0.479 e. The van der Waals surface area contributed by atoms with Gasteiger partial charge >= 0.3 is 11.2 Å². The van der Waals surface area contributed by atoms with Gasteiger partial charge in [-0.2, -0.15) is 0 Å². The van der Waals surface area contributed by atoms with E-state index < -0.39 is 5.97 Å². The van der Waals surface area contributed by atoms with Crippen molar-refractivity contribution in [3.05, 3.63) is 47.7 Å². The van der Waals surface area contributed by atoms with Crippen molar-refractivity contribution < 1.29 is 19.1 Å². The van der Waals surface area contributed by atoms with Crippen molar-refractivity contribution in [1.29, 1.82) is 0 Å². The maximum Gasteiger partial charge on any atom is 0.339 e. The van der Waals surface area contributed by atoms with Gasteiger partial charge in [0.05, 0.1) is 25.5 Å². The number of esters is 1. The Bertz CT molecular complexity index is 870. The molecule has 1 amide bonds. The van der Waals surface area contributed by atoms with Gasteiger partial charge in [0.15, 0.2) is 0 Å². The topological polar surface area (TPSA) is 84.0 Å². The van der Waals surface area contributed by atoms with Crippen molar-refractivity contribution in [2.75, 3.05) is 50.0 Å². The Hall–Kier alpha value is -2.94. The van der Waals surface area contributed by atoms with Gasteiger partial charge in [-0.15, -0.1) is 0 Å². The van der Waals surface area contributed by atoms with Crippen LogP contribution in [0.2, 0.25) is 0 Å². The van der Waals surface area contributed by atoms with Crippen LogP contribution in [0.25, 0.3) is 0 Å². The van der Waals surface area contributed by atoms with Crippen LogP contribution in [0.5, 0.6) is 5.88 Å². The second kappa shape index (κ2) is 9.51. The number of nitrogens with zero attached hydrogens (tertiary/aromatic N) is 3. The summed E-state index contributed by atoms with van der Waals surface area (Å²) in [5.74, 6) is -0.182. The highest BCUT2D eigenvalue weighted by molar-refractivity contribution is 8.14. The van der Waals surface area contributed by atoms with E-state index in [1.54, 1.807) is 17.9 Å². The largest absolute Gasteiger partial charge is 0.479 e. The smallest absolute Gasteiger partial charge is 0.339 e. The lowest BCUT2D eigenvalue weighted by atomic mass is 10.2. The van der Waals surface area contributed by atoms with Crippen LogP contribution in [0.15, 0.2) is 36.4 Å². The SMILES string of the molecule is COC(=O)c1cc(NSC(=O)N2CCN(c3ccccc3)CC2)c(OC)nc1C. The van der Waals surface area contributed by atoms with E-state index in [2.05, 4.69) is 26.7 Å². The van der Waals surface area contributed by atoms with E-state index in [1.165, 1.54) is 14.2 Å². The first-order valence-electron chi connectivity index (χ1n) is 9.19. The number of anilines is 2. The maximum atomic E-state index is 12.6. The third kappa shape index (κ3) is 4.92. The molecule has 2 aromatic rings. The lowest BCUT2D eigenvalue weighted by Crippen LogP contribution is -2.47. The normalized spacial score (nSPS) is 13.8. The molecular weight excluding hydrogens is 392 g/mol. The number of nitrogens with one attached hydrogen (secondary N) is 1. The number of aryl methyl sites for hydroxylation is 1. The van der Waals surface area contributed by atoms with Gasteiger partial charge in [0.25, 0.3) is 0 Å². The zero-order chi connectivity index (χ0) is 20.8. The van der Waals surface area contributed by atoms with Gasteiger partial charge in [-0.1, -0.05) is 18.2 Å². The van der Waals surface area contributed by atoms with Gasteiger partial charge in [0, 0.05) is 43.8 Å². The minimum absolute atomic E-state index is 0.0973. The third-order valence-corrected chi connectivity index (χ3v) is 5.44. The lowest BCUT2D eigenvalue weighted by molar-refractivity contribution is 0.0599. The molecule has 1 fully saturated rings. The molecule has 0 unspecified atom stereocenters. The molecule has 1 aliphatic rings. The highest BCUT2D eigenvalue weighted by atomic mass is 32.2. The van der Waals surface area contributed by atoms with Crippen molar-refractivity contribution >= 4 is 34.5 Å². The third-order valence-electron chi connectivity index (χ3n) is 4.68. The Morgan fingerprint density at radius 1 is 1.10 bits per heavy atom. The predicted octanol–water partition coefficient (Wildman–Crippen LogP) is 3.19. The summed E-state index contributed by atoms with van der Waals surface area (Å²) in [4.78, 5) is 32.8. The van der Waals surface area contributed by atoms with Crippen LogP contribution in [-0.2, 0) is 4.74 Å². The monoisotopic (exact) mass is 416 g/mol. The predicted molar refractivity (Wildman–Crippen MR) is 114 cm³/mol. The number of hydrogen-bond donors (Lipinski definition) is 1. The van der Waals surface area contributed by atoms with Crippen LogP contribution in [0.4, 0.5) is 16.2 Å². The number of hydrogen-bond acceptors (Lipinski definition) is 8. The van der Waals surface area contributed by atoms with Gasteiger partial charge in [0.2, 0.25) is 5.88 Å². The fourth-order valence-corrected chi connectivity index (χ4v) is 3.73. The molecule has 9 heteroatoms. The molecular formula is C20H24N4O4S. The molecule has 1 aliphatic heterocycles. The Labute approximate surface area is 174 Å². The van der Waals surface area contributed by atoms with Gasteiger partial charge in [0.1, 0.15) is 5.69 Å². The Morgan fingerprint density at radius 3 is 2.41 bits per heavy atom.